The molecule has 0 unspecified atom stereocenters. The number of phenols is 1. The number of aromatic carboxylic acids is 2. The number of hydrogen-bond acceptors (Lipinski definition) is 13. The van der Waals surface area contributed by atoms with Crippen LogP contribution >= 0.6 is 0 Å². The van der Waals surface area contributed by atoms with E-state index in [1.54, 1.807) is 6.07 Å². The zero-order chi connectivity index (χ0) is 31.6. The maximum absolute atomic E-state index is 12.0. The fraction of sp³-hybridized carbons (Fsp3) is 0. The fourth-order valence-electron chi connectivity index (χ4n) is 4.04. The Bertz CT molecular complexity index is 2100. The van der Waals surface area contributed by atoms with E-state index in [2.05, 4.69) is 35.8 Å². The molecule has 44 heavy (non-hydrogen) atoms. The first-order valence-electron chi connectivity index (χ1n) is 12.2. The largest absolute Gasteiger partial charge is 0.505 e. The molecule has 222 valence electrons. The number of nitrogens with zero attached hydrogens (tertiary/aromatic N) is 5. The molecular formula is C27H19N7O9S. The molecule has 0 aliphatic carbocycles. The minimum Gasteiger partial charge on any atom is -0.505 e. The van der Waals surface area contributed by atoms with E-state index >= 15 is 0 Å². The predicted octanol–water partition coefficient (Wildman–Crippen LogP) is 4.98. The molecule has 0 amide bonds. The maximum atomic E-state index is 12.0. The van der Waals surface area contributed by atoms with Gasteiger partial charge in [-0.1, -0.05) is 24.3 Å². The molecule has 0 fully saturated rings. The number of anilines is 4. The van der Waals surface area contributed by atoms with Crippen molar-refractivity contribution < 1.29 is 43.0 Å². The zero-order valence-corrected chi connectivity index (χ0v) is 22.8. The number of azo groups is 1. The number of rotatable bonds is 9. The molecule has 0 saturated heterocycles. The highest BCUT2D eigenvalue weighted by Crippen LogP contribution is 2.42. The first kappa shape index (κ1) is 29.3. The van der Waals surface area contributed by atoms with Gasteiger partial charge in [0.1, 0.15) is 11.4 Å². The second-order valence-corrected chi connectivity index (χ2v) is 10.3. The lowest BCUT2D eigenvalue weighted by Crippen LogP contribution is -2.05. The van der Waals surface area contributed by atoms with Crippen molar-refractivity contribution in [3.63, 3.8) is 0 Å². The van der Waals surface area contributed by atoms with Gasteiger partial charge in [0.2, 0.25) is 11.9 Å². The van der Waals surface area contributed by atoms with Gasteiger partial charge >= 0.3 is 17.9 Å². The Balaban J connectivity index is 1.58. The van der Waals surface area contributed by atoms with Crippen LogP contribution in [0.25, 0.3) is 10.8 Å². The first-order chi connectivity index (χ1) is 20.9. The van der Waals surface area contributed by atoms with Crippen molar-refractivity contribution in [3.8, 4) is 11.8 Å². The second kappa shape index (κ2) is 11.6. The molecule has 0 radical (unpaired) electrons. The lowest BCUT2D eigenvalue weighted by Gasteiger charge is -2.14. The summed E-state index contributed by atoms with van der Waals surface area (Å²) in [4.78, 5) is 33.9. The number of hydrogen-bond donors (Lipinski definition) is 7. The van der Waals surface area contributed by atoms with Gasteiger partial charge in [0.05, 0.1) is 21.7 Å². The summed E-state index contributed by atoms with van der Waals surface area (Å²) in [7, 11) is -4.74. The number of fused-ring (bicyclic) bond motifs is 1. The molecule has 0 spiro atoms. The maximum Gasteiger partial charge on any atom is 0.337 e. The predicted molar refractivity (Wildman–Crippen MR) is 154 cm³/mol. The number of aromatic nitrogens is 3. The number of carbonyl (C=O) groups is 2. The minimum absolute atomic E-state index is 0.00847. The van der Waals surface area contributed by atoms with Crippen molar-refractivity contribution in [1.29, 1.82) is 0 Å². The van der Waals surface area contributed by atoms with Crippen LogP contribution in [0.1, 0.15) is 20.7 Å². The van der Waals surface area contributed by atoms with E-state index in [-0.39, 0.29) is 56.5 Å². The van der Waals surface area contributed by atoms with Gasteiger partial charge in [0, 0.05) is 11.1 Å². The van der Waals surface area contributed by atoms with Gasteiger partial charge in [-0.2, -0.15) is 23.4 Å². The molecule has 7 N–H and O–H groups in total. The lowest BCUT2D eigenvalue weighted by molar-refractivity contribution is 0.0686. The normalized spacial score (nSPS) is 11.5. The van der Waals surface area contributed by atoms with E-state index in [4.69, 9.17) is 0 Å². The molecule has 17 heteroatoms. The molecule has 0 atom stereocenters. The number of nitrogens with one attached hydrogen (secondary N) is 2. The van der Waals surface area contributed by atoms with Crippen molar-refractivity contribution in [2.45, 2.75) is 4.90 Å². The van der Waals surface area contributed by atoms with E-state index in [0.717, 1.165) is 12.1 Å². The summed E-state index contributed by atoms with van der Waals surface area (Å²) in [6.45, 7) is 0. The molecule has 0 aliphatic heterocycles. The molecule has 0 bridgehead atoms. The Morgan fingerprint density at radius 3 is 2.16 bits per heavy atom. The average Bonchev–Trinajstić information content (AvgIpc) is 2.96. The molecule has 1 aromatic heterocycles. The van der Waals surface area contributed by atoms with Crippen LogP contribution in [0, 0.1) is 0 Å². The van der Waals surface area contributed by atoms with Crippen LogP contribution in [0.3, 0.4) is 0 Å². The van der Waals surface area contributed by atoms with Crippen molar-refractivity contribution in [2.75, 3.05) is 10.6 Å². The van der Waals surface area contributed by atoms with Crippen LogP contribution in [0.4, 0.5) is 34.6 Å². The molecule has 16 nitrogen and oxygen atoms in total. The quantitative estimate of drug-likeness (QED) is 0.0850. The van der Waals surface area contributed by atoms with Crippen molar-refractivity contribution in [3.05, 3.63) is 83.9 Å². The van der Waals surface area contributed by atoms with Crippen LogP contribution in [0.15, 0.2) is 87.9 Å². The molecular weight excluding hydrogens is 598 g/mol. The summed E-state index contributed by atoms with van der Waals surface area (Å²) in [5.74, 6) is -3.50. The third-order valence-corrected chi connectivity index (χ3v) is 6.81. The molecule has 5 aromatic rings. The van der Waals surface area contributed by atoms with Crippen LogP contribution in [0.5, 0.6) is 11.8 Å². The van der Waals surface area contributed by atoms with Gasteiger partial charge < -0.3 is 31.1 Å². The van der Waals surface area contributed by atoms with Gasteiger partial charge in [-0.15, -0.1) is 10.2 Å². The number of benzene rings is 4. The van der Waals surface area contributed by atoms with Crippen LogP contribution in [-0.4, -0.2) is 60.3 Å². The summed E-state index contributed by atoms with van der Waals surface area (Å²) in [5, 5.41) is 53.3. The van der Waals surface area contributed by atoms with E-state index in [9.17, 15) is 43.0 Å². The van der Waals surface area contributed by atoms with E-state index in [1.807, 2.05) is 0 Å². The number of aromatic hydroxyl groups is 2. The third-order valence-electron chi connectivity index (χ3n) is 5.98. The Labute approximate surface area is 246 Å². The Morgan fingerprint density at radius 1 is 0.750 bits per heavy atom. The molecule has 4 aromatic carbocycles. The van der Waals surface area contributed by atoms with Crippen LogP contribution in [0.2, 0.25) is 0 Å². The Morgan fingerprint density at radius 2 is 1.45 bits per heavy atom. The Hall–Kier alpha value is -6.20. The number of carboxylic acids is 2. The average molecular weight is 618 g/mol. The zero-order valence-electron chi connectivity index (χ0n) is 21.9. The highest BCUT2D eigenvalue weighted by atomic mass is 32.2. The Kier molecular flexibility index (Phi) is 7.72. The van der Waals surface area contributed by atoms with Gasteiger partial charge in [0.15, 0.2) is 5.75 Å². The topological polar surface area (TPSA) is 257 Å². The number of carboxylic acid groups (broad SMARTS) is 2. The van der Waals surface area contributed by atoms with E-state index < -0.39 is 38.7 Å². The highest BCUT2D eigenvalue weighted by molar-refractivity contribution is 7.85. The molecule has 0 aliphatic rings. The van der Waals surface area contributed by atoms with Gasteiger partial charge in [-0.05, 0) is 53.9 Å². The fourth-order valence-corrected chi connectivity index (χ4v) is 4.58. The first-order valence-corrected chi connectivity index (χ1v) is 13.7. The number of phenolic OH excluding ortho intramolecular Hbond substituents is 1. The summed E-state index contributed by atoms with van der Waals surface area (Å²) < 4.78 is 33.8. The summed E-state index contributed by atoms with van der Waals surface area (Å²) in [6, 6.07) is 15.4. The van der Waals surface area contributed by atoms with E-state index in [1.165, 1.54) is 54.6 Å². The smallest absolute Gasteiger partial charge is 0.337 e. The van der Waals surface area contributed by atoms with Crippen molar-refractivity contribution in [1.82, 2.24) is 15.0 Å². The molecule has 5 rings (SSSR count). The SMILES string of the molecule is O=C(O)c1cccc(Nc2nc(O)nc(Nc3cc(S(=O)(=O)O)cc4ccc(N=Nc5ccccc5C(=O)O)c(O)c34)n2)c1. The summed E-state index contributed by atoms with van der Waals surface area (Å²) in [5.41, 5.74) is -0.175. The van der Waals surface area contributed by atoms with Gasteiger partial charge in [-0.3, -0.25) is 4.55 Å². The van der Waals surface area contributed by atoms with Crippen molar-refractivity contribution >= 4 is 67.5 Å². The summed E-state index contributed by atoms with van der Waals surface area (Å²) in [6.07, 6.45) is 0. The summed E-state index contributed by atoms with van der Waals surface area (Å²) >= 11 is 0. The van der Waals surface area contributed by atoms with Crippen molar-refractivity contribution in [2.24, 2.45) is 10.2 Å². The highest BCUT2D eigenvalue weighted by Gasteiger charge is 2.19. The van der Waals surface area contributed by atoms with Gasteiger partial charge in [-0.25, -0.2) is 9.59 Å². The second-order valence-electron chi connectivity index (χ2n) is 8.92. The minimum atomic E-state index is -4.74. The standard InChI is InChI=1S/C27H19N7O9S/c35-22-19(34-33-18-7-2-1-6-17(18)24(38)39)9-8-13-11-16(44(41,42)43)12-20(21(13)22)29-26-30-25(31-27(40)32-26)28-15-5-3-4-14(10-15)23(36)37/h1-12,35H,(H,36,37)(H,38,39)(H,41,42,43)(H3,28,29,30,31,32,40). The monoisotopic (exact) mass is 617 g/mol. The van der Waals surface area contributed by atoms with E-state index in [0.29, 0.717) is 0 Å². The van der Waals surface area contributed by atoms with Crippen LogP contribution in [-0.2, 0) is 10.1 Å². The lowest BCUT2D eigenvalue weighted by atomic mass is 10.1. The van der Waals surface area contributed by atoms with Gasteiger partial charge in [0.25, 0.3) is 10.1 Å². The third kappa shape index (κ3) is 6.32. The molecule has 1 heterocycles. The van der Waals surface area contributed by atoms with Crippen LogP contribution < -0.4 is 10.6 Å². The molecule has 0 saturated carbocycles.